The van der Waals surface area contributed by atoms with Crippen LogP contribution in [-0.2, 0) is 6.54 Å². The molecule has 6 nitrogen and oxygen atoms in total. The van der Waals surface area contributed by atoms with Crippen LogP contribution in [0.4, 0.5) is 0 Å². The third-order valence-corrected chi connectivity index (χ3v) is 3.53. The van der Waals surface area contributed by atoms with E-state index < -0.39 is 0 Å². The van der Waals surface area contributed by atoms with Gasteiger partial charge in [-0.25, -0.2) is 0 Å². The lowest BCUT2D eigenvalue weighted by atomic mass is 9.91. The molecular weight excluding hydrogens is 246 g/mol. The molecule has 2 heterocycles. The fourth-order valence-electron chi connectivity index (χ4n) is 2.27. The molecule has 102 valence electrons. The first-order valence-corrected chi connectivity index (χ1v) is 6.58. The molecule has 2 aromatic rings. The summed E-state index contributed by atoms with van der Waals surface area (Å²) in [6, 6.07) is 4.12. The molecule has 1 aliphatic carbocycles. The van der Waals surface area contributed by atoms with Gasteiger partial charge in [-0.15, -0.1) is 0 Å². The van der Waals surface area contributed by atoms with Gasteiger partial charge in [0.25, 0.3) is 0 Å². The van der Waals surface area contributed by atoms with E-state index in [4.69, 9.17) is 14.0 Å². The lowest BCUT2D eigenvalue weighted by Gasteiger charge is -2.36. The average molecular weight is 263 g/mol. The molecule has 0 saturated heterocycles. The number of furan rings is 1. The van der Waals surface area contributed by atoms with Crippen LogP contribution in [0.3, 0.4) is 0 Å². The molecule has 1 fully saturated rings. The monoisotopic (exact) mass is 263 g/mol. The van der Waals surface area contributed by atoms with E-state index in [0.29, 0.717) is 36.6 Å². The van der Waals surface area contributed by atoms with Crippen LogP contribution >= 0.6 is 0 Å². The smallest absolute Gasteiger partial charge is 0.241 e. The molecule has 0 aliphatic heterocycles. The van der Waals surface area contributed by atoms with Gasteiger partial charge in [0.1, 0.15) is 0 Å². The minimum absolute atomic E-state index is 0.148. The maximum Gasteiger partial charge on any atom is 0.241 e. The van der Waals surface area contributed by atoms with Crippen molar-refractivity contribution in [3.8, 4) is 11.6 Å². The van der Waals surface area contributed by atoms with Crippen molar-refractivity contribution in [3.05, 3.63) is 24.3 Å². The second-order valence-electron chi connectivity index (χ2n) is 4.77. The van der Waals surface area contributed by atoms with E-state index in [1.54, 1.807) is 18.4 Å². The summed E-state index contributed by atoms with van der Waals surface area (Å²) < 4.78 is 10.5. The van der Waals surface area contributed by atoms with Crippen LogP contribution in [0.5, 0.6) is 0 Å². The minimum atomic E-state index is 0.148. The molecule has 0 aromatic carbocycles. The third-order valence-electron chi connectivity index (χ3n) is 3.53. The zero-order valence-electron chi connectivity index (χ0n) is 10.7. The second-order valence-corrected chi connectivity index (χ2v) is 4.77. The van der Waals surface area contributed by atoms with Gasteiger partial charge in [0.15, 0.2) is 5.76 Å². The highest BCUT2D eigenvalue weighted by atomic mass is 16.5. The van der Waals surface area contributed by atoms with Crippen LogP contribution < -0.4 is 0 Å². The fourth-order valence-corrected chi connectivity index (χ4v) is 2.27. The van der Waals surface area contributed by atoms with Crippen molar-refractivity contribution in [2.24, 2.45) is 0 Å². The Balaban J connectivity index is 1.68. The van der Waals surface area contributed by atoms with Gasteiger partial charge in [0, 0.05) is 12.6 Å². The molecule has 0 atom stereocenters. The first-order valence-electron chi connectivity index (χ1n) is 6.58. The van der Waals surface area contributed by atoms with E-state index in [1.165, 1.54) is 19.3 Å². The number of aliphatic hydroxyl groups excluding tert-OH is 1. The number of rotatable bonds is 6. The standard InChI is InChI=1S/C13H17N3O3/c17-7-6-16(10-3-1-4-10)9-12-14-13(15-19-12)11-5-2-8-18-11/h2,5,8,10,17H,1,3-4,6-7,9H2. The Morgan fingerprint density at radius 3 is 2.95 bits per heavy atom. The number of hydrogen-bond donors (Lipinski definition) is 1. The van der Waals surface area contributed by atoms with Gasteiger partial charge < -0.3 is 14.0 Å². The Hall–Kier alpha value is -1.66. The van der Waals surface area contributed by atoms with Gasteiger partial charge >= 0.3 is 0 Å². The zero-order valence-corrected chi connectivity index (χ0v) is 10.7. The van der Waals surface area contributed by atoms with Crippen LogP contribution in [0.15, 0.2) is 27.3 Å². The molecule has 0 spiro atoms. The van der Waals surface area contributed by atoms with Crippen molar-refractivity contribution in [3.63, 3.8) is 0 Å². The summed E-state index contributed by atoms with van der Waals surface area (Å²) in [5.74, 6) is 1.64. The third kappa shape index (κ3) is 2.69. The van der Waals surface area contributed by atoms with E-state index in [-0.39, 0.29) is 6.61 Å². The van der Waals surface area contributed by atoms with Crippen LogP contribution in [0.1, 0.15) is 25.2 Å². The van der Waals surface area contributed by atoms with Crippen molar-refractivity contribution < 1.29 is 14.0 Å². The van der Waals surface area contributed by atoms with Gasteiger partial charge in [-0.1, -0.05) is 11.6 Å². The molecule has 0 radical (unpaired) electrons. The normalized spacial score (nSPS) is 15.9. The van der Waals surface area contributed by atoms with Crippen LogP contribution in [0, 0.1) is 0 Å². The lowest BCUT2D eigenvalue weighted by molar-refractivity contribution is 0.0838. The summed E-state index contributed by atoms with van der Waals surface area (Å²) in [6.07, 6.45) is 5.20. The summed E-state index contributed by atoms with van der Waals surface area (Å²) in [6.45, 7) is 1.37. The number of nitrogens with zero attached hydrogens (tertiary/aromatic N) is 3. The quantitative estimate of drug-likeness (QED) is 0.854. The maximum atomic E-state index is 9.12. The lowest BCUT2D eigenvalue weighted by Crippen LogP contribution is -2.41. The highest BCUT2D eigenvalue weighted by Gasteiger charge is 2.26. The van der Waals surface area contributed by atoms with E-state index in [1.807, 2.05) is 0 Å². The molecule has 1 aliphatic rings. The summed E-state index contributed by atoms with van der Waals surface area (Å²) in [7, 11) is 0. The molecule has 1 saturated carbocycles. The first-order chi connectivity index (χ1) is 9.36. The molecular formula is C13H17N3O3. The molecule has 0 amide bonds. The summed E-state index contributed by atoms with van der Waals surface area (Å²) in [5, 5.41) is 13.0. The highest BCUT2D eigenvalue weighted by Crippen LogP contribution is 2.26. The van der Waals surface area contributed by atoms with Crippen molar-refractivity contribution in [2.75, 3.05) is 13.2 Å². The molecule has 3 rings (SSSR count). The predicted molar refractivity (Wildman–Crippen MR) is 67.1 cm³/mol. The first kappa shape index (κ1) is 12.4. The van der Waals surface area contributed by atoms with Crippen LogP contribution in [-0.4, -0.2) is 39.3 Å². The molecule has 1 N–H and O–H groups in total. The molecule has 2 aromatic heterocycles. The van der Waals surface area contributed by atoms with Crippen molar-refractivity contribution >= 4 is 0 Å². The Morgan fingerprint density at radius 1 is 1.42 bits per heavy atom. The minimum Gasteiger partial charge on any atom is -0.461 e. The average Bonchev–Trinajstić information content (AvgIpc) is 2.95. The Kier molecular flexibility index (Phi) is 3.61. The summed E-state index contributed by atoms with van der Waals surface area (Å²) in [4.78, 5) is 6.52. The Bertz CT molecular complexity index is 505. The van der Waals surface area contributed by atoms with Crippen molar-refractivity contribution in [2.45, 2.75) is 31.8 Å². The predicted octanol–water partition coefficient (Wildman–Crippen LogP) is 1.68. The van der Waals surface area contributed by atoms with Crippen molar-refractivity contribution in [1.82, 2.24) is 15.0 Å². The van der Waals surface area contributed by atoms with Crippen LogP contribution in [0.2, 0.25) is 0 Å². The van der Waals surface area contributed by atoms with Gasteiger partial charge in [-0.05, 0) is 25.0 Å². The van der Waals surface area contributed by atoms with E-state index >= 15 is 0 Å². The number of aliphatic hydroxyl groups is 1. The Morgan fingerprint density at radius 2 is 2.32 bits per heavy atom. The zero-order chi connectivity index (χ0) is 13.1. The van der Waals surface area contributed by atoms with Gasteiger partial charge in [0.2, 0.25) is 11.7 Å². The topological polar surface area (TPSA) is 75.5 Å². The molecule has 0 bridgehead atoms. The molecule has 19 heavy (non-hydrogen) atoms. The fraction of sp³-hybridized carbons (Fsp3) is 0.538. The maximum absolute atomic E-state index is 9.12. The van der Waals surface area contributed by atoms with E-state index in [2.05, 4.69) is 15.0 Å². The van der Waals surface area contributed by atoms with E-state index in [0.717, 1.165) is 0 Å². The van der Waals surface area contributed by atoms with Gasteiger partial charge in [-0.3, -0.25) is 4.90 Å². The Labute approximate surface area is 111 Å². The van der Waals surface area contributed by atoms with E-state index in [9.17, 15) is 0 Å². The van der Waals surface area contributed by atoms with Crippen molar-refractivity contribution in [1.29, 1.82) is 0 Å². The van der Waals surface area contributed by atoms with Crippen LogP contribution in [0.25, 0.3) is 11.6 Å². The van der Waals surface area contributed by atoms with Gasteiger partial charge in [-0.2, -0.15) is 4.98 Å². The SMILES string of the molecule is OCCN(Cc1nc(-c2ccco2)no1)C1CCC1. The van der Waals surface area contributed by atoms with Gasteiger partial charge in [0.05, 0.1) is 19.4 Å². The second kappa shape index (κ2) is 5.54. The molecule has 6 heteroatoms. The highest BCUT2D eigenvalue weighted by molar-refractivity contribution is 5.44. The summed E-state index contributed by atoms with van der Waals surface area (Å²) >= 11 is 0. The molecule has 0 unspecified atom stereocenters. The summed E-state index contributed by atoms with van der Waals surface area (Å²) in [5.41, 5.74) is 0. The largest absolute Gasteiger partial charge is 0.461 e. The number of aromatic nitrogens is 2. The number of hydrogen-bond acceptors (Lipinski definition) is 6.